The van der Waals surface area contributed by atoms with Gasteiger partial charge >= 0.3 is 5.69 Å². The van der Waals surface area contributed by atoms with Crippen molar-refractivity contribution in [1.29, 1.82) is 0 Å². The standard InChI is InChI=1S/C12H17N5O5/c1-6-5-17(12(20)15-10(6)19)11-9(8(18)7(2)22-11)21-4-3-14-16-13/h5,7-9,11,18H,3-4H2,1-2H3,(H,15,19,20)/t7-,8?,9+,11-/m1/s1/i2D. The van der Waals surface area contributed by atoms with Gasteiger partial charge in [-0.1, -0.05) is 5.11 Å². The molecule has 10 heteroatoms. The predicted molar refractivity (Wildman–Crippen MR) is 75.4 cm³/mol. The number of hydrogen-bond acceptors (Lipinski definition) is 6. The second-order valence-corrected chi connectivity index (χ2v) is 4.82. The number of azide groups is 1. The van der Waals surface area contributed by atoms with E-state index in [2.05, 4.69) is 15.0 Å². The van der Waals surface area contributed by atoms with Gasteiger partial charge in [0.05, 0.1) is 12.7 Å². The fraction of sp³-hybridized carbons (Fsp3) is 0.667. The van der Waals surface area contributed by atoms with Crippen LogP contribution in [0.15, 0.2) is 20.9 Å². The molecule has 0 radical (unpaired) electrons. The number of ether oxygens (including phenoxy) is 2. The van der Waals surface area contributed by atoms with Gasteiger partial charge in [0.15, 0.2) is 6.23 Å². The lowest BCUT2D eigenvalue weighted by Crippen LogP contribution is -2.40. The fourth-order valence-corrected chi connectivity index (χ4v) is 2.17. The molecule has 0 bridgehead atoms. The highest BCUT2D eigenvalue weighted by Gasteiger charge is 2.43. The van der Waals surface area contributed by atoms with Gasteiger partial charge in [0, 0.05) is 24.6 Å². The Balaban J connectivity index is 2.29. The Morgan fingerprint density at radius 2 is 2.45 bits per heavy atom. The number of H-pyrrole nitrogens is 1. The number of aliphatic hydroxyl groups excluding tert-OH is 1. The molecule has 2 rings (SSSR count). The Morgan fingerprint density at radius 1 is 1.68 bits per heavy atom. The van der Waals surface area contributed by atoms with E-state index in [1.807, 2.05) is 0 Å². The van der Waals surface area contributed by atoms with Gasteiger partial charge in [-0.2, -0.15) is 0 Å². The van der Waals surface area contributed by atoms with Crippen LogP contribution in [0.2, 0.25) is 0 Å². The lowest BCUT2D eigenvalue weighted by molar-refractivity contribution is -0.0673. The Morgan fingerprint density at radius 3 is 3.14 bits per heavy atom. The van der Waals surface area contributed by atoms with Crippen molar-refractivity contribution in [2.75, 3.05) is 13.2 Å². The van der Waals surface area contributed by atoms with Crippen LogP contribution in [-0.2, 0) is 9.47 Å². The van der Waals surface area contributed by atoms with Gasteiger partial charge < -0.3 is 14.6 Å². The van der Waals surface area contributed by atoms with Crippen molar-refractivity contribution in [3.63, 3.8) is 0 Å². The largest absolute Gasteiger partial charge is 0.388 e. The van der Waals surface area contributed by atoms with E-state index < -0.39 is 35.8 Å². The molecule has 0 amide bonds. The van der Waals surface area contributed by atoms with Crippen molar-refractivity contribution < 1.29 is 16.0 Å². The van der Waals surface area contributed by atoms with Crippen molar-refractivity contribution in [3.05, 3.63) is 43.0 Å². The van der Waals surface area contributed by atoms with E-state index in [4.69, 9.17) is 16.4 Å². The van der Waals surface area contributed by atoms with Gasteiger partial charge in [-0.25, -0.2) is 4.79 Å². The zero-order valence-electron chi connectivity index (χ0n) is 12.9. The molecule has 1 aliphatic heterocycles. The molecule has 2 N–H and O–H groups in total. The third-order valence-corrected chi connectivity index (χ3v) is 3.30. The lowest BCUT2D eigenvalue weighted by Gasteiger charge is -2.22. The molecule has 0 aliphatic carbocycles. The molecule has 1 aromatic rings. The molecule has 1 aliphatic rings. The van der Waals surface area contributed by atoms with E-state index in [0.717, 1.165) is 4.57 Å². The number of aromatic nitrogens is 2. The summed E-state index contributed by atoms with van der Waals surface area (Å²) >= 11 is 0. The third kappa shape index (κ3) is 3.20. The molecule has 1 unspecified atom stereocenters. The maximum Gasteiger partial charge on any atom is 0.330 e. The van der Waals surface area contributed by atoms with E-state index in [1.165, 1.54) is 13.1 Å². The number of rotatable bonds is 5. The monoisotopic (exact) mass is 312 g/mol. The zero-order chi connectivity index (χ0) is 17.0. The van der Waals surface area contributed by atoms with Gasteiger partial charge in [-0.05, 0) is 19.4 Å². The van der Waals surface area contributed by atoms with E-state index in [-0.39, 0.29) is 20.1 Å². The molecule has 1 fully saturated rings. The summed E-state index contributed by atoms with van der Waals surface area (Å²) in [5, 5.41) is 13.5. The van der Waals surface area contributed by atoms with Crippen LogP contribution in [0.3, 0.4) is 0 Å². The third-order valence-electron chi connectivity index (χ3n) is 3.30. The molecular weight excluding hydrogens is 294 g/mol. The van der Waals surface area contributed by atoms with Gasteiger partial charge in [0.25, 0.3) is 5.56 Å². The highest BCUT2D eigenvalue weighted by Crippen LogP contribution is 2.30. The molecule has 2 heterocycles. The average molecular weight is 312 g/mol. The van der Waals surface area contributed by atoms with Crippen LogP contribution in [0.25, 0.3) is 10.4 Å². The smallest absolute Gasteiger partial charge is 0.330 e. The summed E-state index contributed by atoms with van der Waals surface area (Å²) in [5.74, 6) is 0. The first kappa shape index (κ1) is 14.8. The van der Waals surface area contributed by atoms with E-state index >= 15 is 0 Å². The summed E-state index contributed by atoms with van der Waals surface area (Å²) < 4.78 is 19.5. The van der Waals surface area contributed by atoms with E-state index in [1.54, 1.807) is 0 Å². The summed E-state index contributed by atoms with van der Waals surface area (Å²) in [7, 11) is 0. The van der Waals surface area contributed by atoms with Crippen LogP contribution in [0.1, 0.15) is 20.1 Å². The Hall–Kier alpha value is -2.13. The van der Waals surface area contributed by atoms with Gasteiger partial charge in [0.1, 0.15) is 12.2 Å². The Labute approximate surface area is 126 Å². The average Bonchev–Trinajstić information content (AvgIpc) is 2.83. The maximum atomic E-state index is 12.0. The van der Waals surface area contributed by atoms with Crippen LogP contribution in [-0.4, -0.2) is 46.1 Å². The fourth-order valence-electron chi connectivity index (χ4n) is 2.17. The van der Waals surface area contributed by atoms with Gasteiger partial charge in [-0.15, -0.1) is 0 Å². The lowest BCUT2D eigenvalue weighted by atomic mass is 10.1. The quantitative estimate of drug-likeness (QED) is 0.335. The first-order valence-electron chi connectivity index (χ1n) is 7.27. The number of nitrogens with one attached hydrogen (secondary N) is 1. The van der Waals surface area contributed by atoms with Crippen LogP contribution >= 0.6 is 0 Å². The van der Waals surface area contributed by atoms with Crippen LogP contribution in [0.5, 0.6) is 0 Å². The minimum Gasteiger partial charge on any atom is -0.388 e. The number of hydrogen-bond donors (Lipinski definition) is 2. The van der Waals surface area contributed by atoms with Crippen molar-refractivity contribution in [2.45, 2.75) is 38.4 Å². The molecule has 22 heavy (non-hydrogen) atoms. The first-order valence-corrected chi connectivity index (χ1v) is 6.57. The predicted octanol–water partition coefficient (Wildman–Crippen LogP) is -0.181. The number of aromatic amines is 1. The van der Waals surface area contributed by atoms with Crippen LogP contribution in [0.4, 0.5) is 0 Å². The zero-order valence-corrected chi connectivity index (χ0v) is 11.9. The number of aryl methyl sites for hydroxylation is 1. The maximum absolute atomic E-state index is 12.0. The molecule has 0 spiro atoms. The summed E-state index contributed by atoms with van der Waals surface area (Å²) in [6.45, 7) is 1.38. The minimum absolute atomic E-state index is 0.0213. The first-order chi connectivity index (χ1) is 11.0. The highest BCUT2D eigenvalue weighted by molar-refractivity contribution is 5.03. The van der Waals surface area contributed by atoms with Crippen molar-refractivity contribution >= 4 is 0 Å². The molecule has 10 nitrogen and oxygen atoms in total. The normalized spacial score (nSPS) is 28.2. The number of aliphatic hydroxyl groups is 1. The molecule has 4 atom stereocenters. The summed E-state index contributed by atoms with van der Waals surface area (Å²) in [5.41, 5.74) is 7.32. The van der Waals surface area contributed by atoms with Crippen molar-refractivity contribution in [2.24, 2.45) is 5.11 Å². The van der Waals surface area contributed by atoms with Crippen LogP contribution in [0, 0.1) is 6.92 Å². The minimum atomic E-state index is -1.12. The molecule has 0 aromatic carbocycles. The summed E-state index contributed by atoms with van der Waals surface area (Å²) in [6, 6.07) is 0. The molecule has 1 aromatic heterocycles. The second kappa shape index (κ2) is 6.75. The van der Waals surface area contributed by atoms with Gasteiger partial charge in [0.2, 0.25) is 0 Å². The molecular formula is C12H17N5O5. The van der Waals surface area contributed by atoms with E-state index in [9.17, 15) is 14.7 Å². The van der Waals surface area contributed by atoms with Crippen molar-refractivity contribution in [3.8, 4) is 0 Å². The Kier molecular flexibility index (Phi) is 4.54. The van der Waals surface area contributed by atoms with Crippen LogP contribution < -0.4 is 11.2 Å². The summed E-state index contributed by atoms with van der Waals surface area (Å²) in [4.78, 5) is 28.2. The van der Waals surface area contributed by atoms with E-state index in [0.29, 0.717) is 5.56 Å². The van der Waals surface area contributed by atoms with Crippen molar-refractivity contribution in [1.82, 2.24) is 9.55 Å². The summed E-state index contributed by atoms with van der Waals surface area (Å²) in [6.07, 6.45) is -2.56. The second-order valence-electron chi connectivity index (χ2n) is 4.82. The molecule has 0 saturated carbocycles. The molecule has 120 valence electrons. The van der Waals surface area contributed by atoms with Gasteiger partial charge in [-0.3, -0.25) is 14.3 Å². The topological polar surface area (TPSA) is 142 Å². The molecule has 1 saturated heterocycles. The number of nitrogens with zero attached hydrogens (tertiary/aromatic N) is 4. The Bertz CT molecular complexity index is 713. The highest BCUT2D eigenvalue weighted by atomic mass is 16.6. The SMILES string of the molecule is [2H]C[C@H]1O[C@@H](n2cc(C)c(=O)[nH]c2=O)[C@@H](OCCN=[N+]=[N-])C1O.